The van der Waals surface area contributed by atoms with E-state index in [0.29, 0.717) is 31.0 Å². The van der Waals surface area contributed by atoms with Gasteiger partial charge in [-0.05, 0) is 68.8 Å². The predicted octanol–water partition coefficient (Wildman–Crippen LogP) is 4.42. The number of hydrogen-bond donors (Lipinski definition) is 0. The molecular weight excluding hydrogens is 522 g/mol. The maximum Gasteiger partial charge on any atom is 0.320 e. The van der Waals surface area contributed by atoms with Gasteiger partial charge in [-0.25, -0.2) is 22.0 Å². The molecule has 4 rings (SSSR count). The minimum Gasteiger partial charge on any atom is -0.323 e. The summed E-state index contributed by atoms with van der Waals surface area (Å²) in [5, 5.41) is 0.383. The topological polar surface area (TPSA) is 64.2 Å². The third-order valence-corrected chi connectivity index (χ3v) is 9.40. The summed E-state index contributed by atoms with van der Waals surface area (Å²) < 4.78 is 57.3. The zero-order chi connectivity index (χ0) is 26.7. The van der Waals surface area contributed by atoms with Gasteiger partial charge in [-0.2, -0.15) is 4.31 Å². The molecule has 0 bridgehead atoms. The van der Waals surface area contributed by atoms with Crippen molar-refractivity contribution >= 4 is 27.7 Å². The molecule has 0 spiro atoms. The van der Waals surface area contributed by atoms with Crippen molar-refractivity contribution in [2.75, 3.05) is 39.3 Å². The SMILES string of the molecule is CCN1CCN(C(=O)N2CCC[C@H](N(Cc3cc(F)ccc3F)S(=O)(=O)c3ccc(Cl)cc3)C2)[C@H](C)C1. The van der Waals surface area contributed by atoms with E-state index in [2.05, 4.69) is 11.8 Å². The van der Waals surface area contributed by atoms with Crippen molar-refractivity contribution in [3.05, 3.63) is 64.7 Å². The van der Waals surface area contributed by atoms with Crippen molar-refractivity contribution in [3.8, 4) is 0 Å². The van der Waals surface area contributed by atoms with Crippen molar-refractivity contribution in [1.82, 2.24) is 19.0 Å². The monoisotopic (exact) mass is 554 g/mol. The standard InChI is InChI=1S/C26H33ClF2N4O3S/c1-3-30-13-14-32(19(2)16-30)26(34)31-12-4-5-23(18-31)33(17-20-15-22(28)8-11-25(20)29)37(35,36)24-9-6-21(27)7-10-24/h6-11,15,19,23H,3-5,12-14,16-18H2,1-2H3/t19-,23+/m1/s1. The summed E-state index contributed by atoms with van der Waals surface area (Å²) in [5.41, 5.74) is -0.0645. The predicted molar refractivity (Wildman–Crippen MR) is 139 cm³/mol. The van der Waals surface area contributed by atoms with E-state index in [0.717, 1.165) is 37.8 Å². The lowest BCUT2D eigenvalue weighted by atomic mass is 10.0. The fourth-order valence-electron chi connectivity index (χ4n) is 5.13. The molecule has 2 aliphatic rings. The van der Waals surface area contributed by atoms with Crippen LogP contribution in [0.1, 0.15) is 32.3 Å². The van der Waals surface area contributed by atoms with Crippen LogP contribution < -0.4 is 0 Å². The van der Waals surface area contributed by atoms with Crippen molar-refractivity contribution < 1.29 is 22.0 Å². The Hall–Kier alpha value is -2.27. The molecule has 2 heterocycles. The van der Waals surface area contributed by atoms with Gasteiger partial charge in [0.25, 0.3) is 0 Å². The quantitative estimate of drug-likeness (QED) is 0.530. The Bertz CT molecular complexity index is 1210. The highest BCUT2D eigenvalue weighted by atomic mass is 35.5. The summed E-state index contributed by atoms with van der Waals surface area (Å²) in [6.07, 6.45) is 1.09. The van der Waals surface area contributed by atoms with E-state index in [1.165, 1.54) is 28.6 Å². The van der Waals surface area contributed by atoms with Gasteiger partial charge in [-0.15, -0.1) is 0 Å². The molecule has 2 aromatic carbocycles. The third kappa shape index (κ3) is 6.25. The fraction of sp³-hybridized carbons (Fsp3) is 0.500. The van der Waals surface area contributed by atoms with Crippen molar-refractivity contribution in [1.29, 1.82) is 0 Å². The summed E-state index contributed by atoms with van der Waals surface area (Å²) in [7, 11) is -4.11. The molecule has 0 unspecified atom stereocenters. The van der Waals surface area contributed by atoms with E-state index in [-0.39, 0.29) is 35.6 Å². The highest BCUT2D eigenvalue weighted by molar-refractivity contribution is 7.89. The average molecular weight is 555 g/mol. The smallest absolute Gasteiger partial charge is 0.320 e. The van der Waals surface area contributed by atoms with E-state index in [4.69, 9.17) is 11.6 Å². The molecule has 37 heavy (non-hydrogen) atoms. The number of piperidine rings is 1. The molecule has 0 saturated carbocycles. The van der Waals surface area contributed by atoms with Gasteiger partial charge in [0.15, 0.2) is 0 Å². The number of hydrogen-bond acceptors (Lipinski definition) is 4. The Kier molecular flexibility index (Phi) is 8.73. The van der Waals surface area contributed by atoms with Crippen LogP contribution in [0.15, 0.2) is 47.4 Å². The first-order valence-corrected chi connectivity index (χ1v) is 14.4. The highest BCUT2D eigenvalue weighted by Crippen LogP contribution is 2.28. The zero-order valence-corrected chi connectivity index (χ0v) is 22.7. The molecule has 2 atom stereocenters. The normalized spacial score (nSPS) is 21.5. The van der Waals surface area contributed by atoms with Crippen LogP contribution in [0.4, 0.5) is 13.6 Å². The molecule has 2 aromatic rings. The second-order valence-electron chi connectivity index (χ2n) is 9.70. The van der Waals surface area contributed by atoms with E-state index >= 15 is 0 Å². The summed E-state index contributed by atoms with van der Waals surface area (Å²) >= 11 is 5.96. The number of carbonyl (C=O) groups is 1. The molecule has 0 N–H and O–H groups in total. The molecular formula is C26H33ClF2N4O3S. The number of sulfonamides is 1. The number of likely N-dealkylation sites (N-methyl/N-ethyl adjacent to an activating group) is 1. The second-order valence-corrected chi connectivity index (χ2v) is 12.0. The molecule has 2 aliphatic heterocycles. The number of likely N-dealkylation sites (tertiary alicyclic amines) is 1. The van der Waals surface area contributed by atoms with Gasteiger partial charge < -0.3 is 9.80 Å². The third-order valence-electron chi connectivity index (χ3n) is 7.23. The average Bonchev–Trinajstić information content (AvgIpc) is 2.88. The van der Waals surface area contributed by atoms with Crippen LogP contribution in [-0.2, 0) is 16.6 Å². The van der Waals surface area contributed by atoms with Gasteiger partial charge in [-0.3, -0.25) is 4.90 Å². The number of carbonyl (C=O) groups excluding carboxylic acids is 1. The van der Waals surface area contributed by atoms with Crippen LogP contribution in [0.2, 0.25) is 5.02 Å². The van der Waals surface area contributed by atoms with Gasteiger partial charge in [-0.1, -0.05) is 18.5 Å². The van der Waals surface area contributed by atoms with Crippen LogP contribution >= 0.6 is 11.6 Å². The van der Waals surface area contributed by atoms with Crippen molar-refractivity contribution in [3.63, 3.8) is 0 Å². The van der Waals surface area contributed by atoms with Crippen molar-refractivity contribution in [2.24, 2.45) is 0 Å². The van der Waals surface area contributed by atoms with E-state index < -0.39 is 27.7 Å². The van der Waals surface area contributed by atoms with Crippen LogP contribution in [-0.4, -0.2) is 84.8 Å². The lowest BCUT2D eigenvalue weighted by Crippen LogP contribution is -2.60. The molecule has 0 aliphatic carbocycles. The Morgan fingerprint density at radius 3 is 2.49 bits per heavy atom. The Morgan fingerprint density at radius 2 is 1.81 bits per heavy atom. The number of halogens is 3. The van der Waals surface area contributed by atoms with Crippen LogP contribution in [0.3, 0.4) is 0 Å². The van der Waals surface area contributed by atoms with Crippen LogP contribution in [0, 0.1) is 11.6 Å². The Labute approximate surface area is 222 Å². The number of benzene rings is 2. The fourth-order valence-corrected chi connectivity index (χ4v) is 6.88. The molecule has 11 heteroatoms. The first-order valence-electron chi connectivity index (χ1n) is 12.6. The molecule has 2 saturated heterocycles. The second kappa shape index (κ2) is 11.6. The molecule has 2 amide bonds. The van der Waals surface area contributed by atoms with Crippen molar-refractivity contribution in [2.45, 2.75) is 50.2 Å². The first kappa shape index (κ1) is 27.8. The number of piperazine rings is 1. The molecule has 202 valence electrons. The maximum absolute atomic E-state index is 14.6. The number of nitrogens with zero attached hydrogens (tertiary/aromatic N) is 4. The molecule has 0 aromatic heterocycles. The number of amides is 2. The van der Waals surface area contributed by atoms with E-state index in [9.17, 15) is 22.0 Å². The summed E-state index contributed by atoms with van der Waals surface area (Å²) in [5.74, 6) is -1.34. The highest BCUT2D eigenvalue weighted by Gasteiger charge is 2.38. The molecule has 7 nitrogen and oxygen atoms in total. The maximum atomic E-state index is 14.6. The summed E-state index contributed by atoms with van der Waals surface area (Å²) in [6, 6.07) is 8.07. The lowest BCUT2D eigenvalue weighted by molar-refractivity contribution is 0.0702. The van der Waals surface area contributed by atoms with Crippen LogP contribution in [0.5, 0.6) is 0 Å². The minimum absolute atomic E-state index is 0.00136. The number of urea groups is 1. The molecule has 2 fully saturated rings. The van der Waals surface area contributed by atoms with Crippen LogP contribution in [0.25, 0.3) is 0 Å². The Morgan fingerprint density at radius 1 is 1.08 bits per heavy atom. The minimum atomic E-state index is -4.11. The van der Waals surface area contributed by atoms with Gasteiger partial charge in [0.05, 0.1) is 4.90 Å². The lowest BCUT2D eigenvalue weighted by Gasteiger charge is -2.44. The molecule has 0 radical (unpaired) electrons. The Balaban J connectivity index is 1.62. The number of rotatable bonds is 6. The zero-order valence-electron chi connectivity index (χ0n) is 21.1. The summed E-state index contributed by atoms with van der Waals surface area (Å²) in [6.45, 7) is 7.55. The largest absolute Gasteiger partial charge is 0.323 e. The van der Waals surface area contributed by atoms with Gasteiger partial charge in [0.2, 0.25) is 10.0 Å². The summed E-state index contributed by atoms with van der Waals surface area (Å²) in [4.78, 5) is 19.3. The first-order chi connectivity index (χ1) is 17.6. The van der Waals surface area contributed by atoms with E-state index in [1.807, 2.05) is 11.8 Å². The van der Waals surface area contributed by atoms with Gasteiger partial charge in [0, 0.05) is 61.9 Å². The van der Waals surface area contributed by atoms with E-state index in [1.54, 1.807) is 4.90 Å². The van der Waals surface area contributed by atoms with Gasteiger partial charge in [0.1, 0.15) is 11.6 Å². The van der Waals surface area contributed by atoms with Gasteiger partial charge >= 0.3 is 6.03 Å².